The number of rotatable bonds is 3. The van der Waals surface area contributed by atoms with Crippen molar-refractivity contribution in [1.82, 2.24) is 5.32 Å². The van der Waals surface area contributed by atoms with Crippen molar-refractivity contribution < 1.29 is 19.0 Å². The summed E-state index contributed by atoms with van der Waals surface area (Å²) in [6.45, 7) is 1.89. The number of carbonyl (C=O) groups excluding carboxylic acids is 1. The third-order valence-electron chi connectivity index (χ3n) is 6.14. The van der Waals surface area contributed by atoms with Crippen molar-refractivity contribution in [2.75, 3.05) is 7.11 Å². The molecule has 1 spiro atoms. The molecule has 0 aromatic heterocycles. The quantitative estimate of drug-likeness (QED) is 0.726. The van der Waals surface area contributed by atoms with Gasteiger partial charge in [0.15, 0.2) is 0 Å². The van der Waals surface area contributed by atoms with E-state index >= 15 is 0 Å². The predicted molar refractivity (Wildman–Crippen MR) is 111 cm³/mol. The maximum absolute atomic E-state index is 13.4. The van der Waals surface area contributed by atoms with Crippen LogP contribution < -0.4 is 5.32 Å². The maximum Gasteiger partial charge on any atom is 0.256 e. The van der Waals surface area contributed by atoms with Crippen molar-refractivity contribution in [2.24, 2.45) is 0 Å². The minimum Gasteiger partial charge on any atom is -0.509 e. The third-order valence-corrected chi connectivity index (χ3v) is 6.45. The summed E-state index contributed by atoms with van der Waals surface area (Å²) >= 11 is 6.22. The van der Waals surface area contributed by atoms with Gasteiger partial charge in [0.25, 0.3) is 5.91 Å². The smallest absolute Gasteiger partial charge is 0.256 e. The lowest BCUT2D eigenvalue weighted by Crippen LogP contribution is -2.48. The van der Waals surface area contributed by atoms with E-state index in [-0.39, 0.29) is 17.8 Å². The van der Waals surface area contributed by atoms with E-state index in [9.17, 15) is 14.3 Å². The van der Waals surface area contributed by atoms with Crippen LogP contribution in [0.4, 0.5) is 4.39 Å². The average molecular weight is 416 g/mol. The molecule has 2 aromatic rings. The van der Waals surface area contributed by atoms with E-state index < -0.39 is 11.4 Å². The van der Waals surface area contributed by atoms with Crippen molar-refractivity contribution in [3.05, 3.63) is 64.1 Å². The van der Waals surface area contributed by atoms with E-state index in [1.165, 1.54) is 12.1 Å². The van der Waals surface area contributed by atoms with Crippen LogP contribution in [0, 0.1) is 12.7 Å². The normalized spacial score (nSPS) is 24.3. The molecule has 1 aliphatic carbocycles. The number of hydrogen-bond donors (Lipinski definition) is 2. The van der Waals surface area contributed by atoms with E-state index in [1.54, 1.807) is 13.2 Å². The molecular formula is C23H23ClFNO3. The first-order chi connectivity index (χ1) is 13.8. The van der Waals surface area contributed by atoms with Crippen molar-refractivity contribution in [3.63, 3.8) is 0 Å². The van der Waals surface area contributed by atoms with Gasteiger partial charge in [0.1, 0.15) is 11.6 Å². The minimum atomic E-state index is -0.725. The second kappa shape index (κ2) is 7.47. The molecule has 2 aromatic carbocycles. The summed E-state index contributed by atoms with van der Waals surface area (Å²) in [7, 11) is 1.69. The Morgan fingerprint density at radius 2 is 1.90 bits per heavy atom. The van der Waals surface area contributed by atoms with Crippen LogP contribution in [0.3, 0.4) is 0 Å². The summed E-state index contributed by atoms with van der Waals surface area (Å²) < 4.78 is 18.8. The first-order valence-corrected chi connectivity index (χ1v) is 10.1. The Balaban J connectivity index is 1.77. The number of ether oxygens (including phenoxy) is 1. The van der Waals surface area contributed by atoms with Gasteiger partial charge in [-0.15, -0.1) is 0 Å². The van der Waals surface area contributed by atoms with Gasteiger partial charge in [-0.2, -0.15) is 0 Å². The molecule has 1 heterocycles. The van der Waals surface area contributed by atoms with Crippen LogP contribution in [0.25, 0.3) is 16.7 Å². The average Bonchev–Trinajstić information content (AvgIpc) is 2.93. The molecule has 4 nitrogen and oxygen atoms in total. The Morgan fingerprint density at radius 3 is 2.55 bits per heavy atom. The van der Waals surface area contributed by atoms with Crippen LogP contribution in [0.5, 0.6) is 0 Å². The van der Waals surface area contributed by atoms with Crippen molar-refractivity contribution in [3.8, 4) is 11.1 Å². The molecule has 6 heteroatoms. The second-order valence-corrected chi connectivity index (χ2v) is 8.26. The fourth-order valence-corrected chi connectivity index (χ4v) is 4.68. The summed E-state index contributed by atoms with van der Waals surface area (Å²) in [5, 5.41) is 14.4. The monoisotopic (exact) mass is 415 g/mol. The lowest BCUT2D eigenvalue weighted by atomic mass is 9.79. The molecule has 0 radical (unpaired) electrons. The number of halogens is 2. The molecule has 1 fully saturated rings. The number of carbonyl (C=O) groups is 1. The third kappa shape index (κ3) is 3.43. The molecule has 29 heavy (non-hydrogen) atoms. The Kier molecular flexibility index (Phi) is 5.13. The summed E-state index contributed by atoms with van der Waals surface area (Å²) in [5.41, 5.74) is 2.53. The first-order valence-electron chi connectivity index (χ1n) is 9.70. The van der Waals surface area contributed by atoms with Gasteiger partial charge in [-0.05, 0) is 73.6 Å². The first kappa shape index (κ1) is 19.9. The number of hydrogen-bond acceptors (Lipinski definition) is 3. The number of amides is 1. The molecule has 1 amide bonds. The molecule has 2 aliphatic rings. The lowest BCUT2D eigenvalue weighted by molar-refractivity contribution is -0.116. The molecule has 0 unspecified atom stereocenters. The van der Waals surface area contributed by atoms with E-state index in [1.807, 2.05) is 25.1 Å². The Bertz CT molecular complexity index is 1010. The zero-order valence-electron chi connectivity index (χ0n) is 16.4. The van der Waals surface area contributed by atoms with Crippen LogP contribution >= 0.6 is 11.6 Å². The second-order valence-electron chi connectivity index (χ2n) is 7.85. The summed E-state index contributed by atoms with van der Waals surface area (Å²) in [6, 6.07) is 9.82. The lowest BCUT2D eigenvalue weighted by Gasteiger charge is -2.36. The SMILES string of the molecule is CO[C@H]1CC[C@]2(CC1)NC(=O)C(c1cc(-c3ccc(F)cc3Cl)ccc1C)=C2O. The maximum atomic E-state index is 13.4. The fraction of sp³-hybridized carbons (Fsp3) is 0.348. The molecule has 0 atom stereocenters. The van der Waals surface area contributed by atoms with Gasteiger partial charge in [0.05, 0.1) is 22.2 Å². The Hall–Kier alpha value is -2.37. The number of methoxy groups -OCH3 is 1. The zero-order chi connectivity index (χ0) is 20.8. The van der Waals surface area contributed by atoms with Gasteiger partial charge >= 0.3 is 0 Å². The van der Waals surface area contributed by atoms with E-state index in [4.69, 9.17) is 16.3 Å². The molecule has 0 saturated heterocycles. The van der Waals surface area contributed by atoms with Gasteiger partial charge in [0, 0.05) is 12.7 Å². The number of nitrogens with one attached hydrogen (secondary N) is 1. The Labute approximate surface area is 174 Å². The van der Waals surface area contributed by atoms with Crippen LogP contribution in [-0.2, 0) is 9.53 Å². The molecule has 152 valence electrons. The van der Waals surface area contributed by atoms with Crippen molar-refractivity contribution in [2.45, 2.75) is 44.2 Å². The number of aryl methyl sites for hydroxylation is 1. The summed E-state index contributed by atoms with van der Waals surface area (Å²) in [4.78, 5) is 12.9. The molecule has 0 bridgehead atoms. The number of aliphatic hydroxyl groups excluding tert-OH is 1. The number of benzene rings is 2. The topological polar surface area (TPSA) is 58.6 Å². The van der Waals surface area contributed by atoms with Crippen LogP contribution in [0.2, 0.25) is 5.02 Å². The summed E-state index contributed by atoms with van der Waals surface area (Å²) in [5.74, 6) is -0.582. The molecular weight excluding hydrogens is 393 g/mol. The van der Waals surface area contributed by atoms with E-state index in [0.29, 0.717) is 34.6 Å². The van der Waals surface area contributed by atoms with Gasteiger partial charge in [0.2, 0.25) is 0 Å². The predicted octanol–water partition coefficient (Wildman–Crippen LogP) is 5.18. The molecule has 1 saturated carbocycles. The van der Waals surface area contributed by atoms with E-state index in [2.05, 4.69) is 5.32 Å². The molecule has 1 aliphatic heterocycles. The van der Waals surface area contributed by atoms with Gasteiger partial charge in [-0.25, -0.2) is 4.39 Å². The highest BCUT2D eigenvalue weighted by Gasteiger charge is 2.48. The van der Waals surface area contributed by atoms with Crippen LogP contribution in [0.15, 0.2) is 42.2 Å². The van der Waals surface area contributed by atoms with Gasteiger partial charge in [-0.1, -0.05) is 23.7 Å². The largest absolute Gasteiger partial charge is 0.509 e. The van der Waals surface area contributed by atoms with Gasteiger partial charge in [-0.3, -0.25) is 4.79 Å². The molecule has 2 N–H and O–H groups in total. The highest BCUT2D eigenvalue weighted by atomic mass is 35.5. The Morgan fingerprint density at radius 1 is 1.17 bits per heavy atom. The van der Waals surface area contributed by atoms with Gasteiger partial charge < -0.3 is 15.2 Å². The summed E-state index contributed by atoms with van der Waals surface area (Å²) in [6.07, 6.45) is 2.97. The number of aliphatic hydroxyl groups is 1. The highest BCUT2D eigenvalue weighted by Crippen LogP contribution is 2.43. The van der Waals surface area contributed by atoms with Crippen LogP contribution in [-0.4, -0.2) is 29.8 Å². The fourth-order valence-electron chi connectivity index (χ4n) is 4.40. The van der Waals surface area contributed by atoms with E-state index in [0.717, 1.165) is 24.0 Å². The van der Waals surface area contributed by atoms with Crippen LogP contribution in [0.1, 0.15) is 36.8 Å². The minimum absolute atomic E-state index is 0.0995. The molecule has 4 rings (SSSR count). The standard InChI is InChI=1S/C23H23ClFNO3/c1-13-3-4-14(17-6-5-15(25)12-19(17)24)11-18(13)20-21(27)23(26-22(20)28)9-7-16(29-2)8-10-23/h3-6,11-12,16,27H,7-10H2,1-2H3,(H,26,28)/t16-,23+. The highest BCUT2D eigenvalue weighted by molar-refractivity contribution is 6.33. The van der Waals surface area contributed by atoms with Crippen molar-refractivity contribution in [1.29, 1.82) is 0 Å². The van der Waals surface area contributed by atoms with Crippen molar-refractivity contribution >= 4 is 23.1 Å². The zero-order valence-corrected chi connectivity index (χ0v) is 17.1.